The van der Waals surface area contributed by atoms with E-state index >= 15 is 0 Å². The van der Waals surface area contributed by atoms with Crippen LogP contribution in [0.4, 0.5) is 4.39 Å². The second-order valence-electron chi connectivity index (χ2n) is 3.80. The second-order valence-corrected chi connectivity index (χ2v) is 4.32. The van der Waals surface area contributed by atoms with Gasteiger partial charge in [-0.3, -0.25) is 0 Å². The van der Waals surface area contributed by atoms with Crippen molar-refractivity contribution in [3.05, 3.63) is 35.4 Å². The van der Waals surface area contributed by atoms with Gasteiger partial charge in [0.15, 0.2) is 5.82 Å². The van der Waals surface area contributed by atoms with Crippen molar-refractivity contribution in [3.63, 3.8) is 0 Å². The smallest absolute Gasteiger partial charge is 0.257 e. The molecule has 0 amide bonds. The number of aromatic nitrogens is 2. The van der Waals surface area contributed by atoms with Crippen LogP contribution in [0.1, 0.15) is 30.1 Å². The van der Waals surface area contributed by atoms with Gasteiger partial charge in [-0.2, -0.15) is 4.98 Å². The molecule has 0 spiro atoms. The number of nitrogens with zero attached hydrogens (tertiary/aromatic N) is 2. The highest BCUT2D eigenvalue weighted by Gasteiger charge is 2.15. The molecule has 1 atom stereocenters. The van der Waals surface area contributed by atoms with Crippen LogP contribution in [0.2, 0.25) is 0 Å². The zero-order valence-corrected chi connectivity index (χ0v) is 10.3. The fourth-order valence-electron chi connectivity index (χ4n) is 1.44. The lowest BCUT2D eigenvalue weighted by Crippen LogP contribution is -1.91. The molecule has 0 fully saturated rings. The zero-order valence-electron chi connectivity index (χ0n) is 9.58. The summed E-state index contributed by atoms with van der Waals surface area (Å²) in [4.78, 5) is 4.19. The Morgan fingerprint density at radius 2 is 2.24 bits per heavy atom. The number of halogens is 2. The Morgan fingerprint density at radius 3 is 2.88 bits per heavy atom. The molecule has 0 bridgehead atoms. The normalized spacial score (nSPS) is 12.7. The van der Waals surface area contributed by atoms with E-state index in [1.54, 1.807) is 19.1 Å². The van der Waals surface area contributed by atoms with Gasteiger partial charge in [-0.25, -0.2) is 4.39 Å². The Morgan fingerprint density at radius 1 is 1.47 bits per heavy atom. The maximum absolute atomic E-state index is 13.1. The fraction of sp³-hybridized carbons (Fsp3) is 0.333. The minimum absolute atomic E-state index is 0.253. The lowest BCUT2D eigenvalue weighted by molar-refractivity contribution is 0.421. The van der Waals surface area contributed by atoms with Crippen LogP contribution in [-0.2, 0) is 0 Å². The summed E-state index contributed by atoms with van der Waals surface area (Å²) in [6.07, 6.45) is 0.725. The molecule has 0 aliphatic rings. The molecule has 17 heavy (non-hydrogen) atoms. The largest absolute Gasteiger partial charge is 0.334 e. The topological polar surface area (TPSA) is 38.9 Å². The number of hydrogen-bond donors (Lipinski definition) is 0. The molecule has 0 aliphatic heterocycles. The molecule has 0 saturated carbocycles. The van der Waals surface area contributed by atoms with E-state index in [1.165, 1.54) is 6.07 Å². The molecule has 3 nitrogen and oxygen atoms in total. The highest BCUT2D eigenvalue weighted by Crippen LogP contribution is 2.25. The van der Waals surface area contributed by atoms with E-state index < -0.39 is 0 Å². The van der Waals surface area contributed by atoms with Crippen LogP contribution < -0.4 is 0 Å². The Labute approximate surface area is 104 Å². The van der Waals surface area contributed by atoms with Gasteiger partial charge in [-0.15, -0.1) is 11.6 Å². The van der Waals surface area contributed by atoms with Crippen LogP contribution in [0.3, 0.4) is 0 Å². The van der Waals surface area contributed by atoms with Gasteiger partial charge in [0.1, 0.15) is 5.82 Å². The molecule has 1 aromatic carbocycles. The molecular formula is C12H12ClFN2O. The minimum Gasteiger partial charge on any atom is -0.334 e. The lowest BCUT2D eigenvalue weighted by Gasteiger charge is -1.98. The van der Waals surface area contributed by atoms with Gasteiger partial charge in [0.25, 0.3) is 5.89 Å². The van der Waals surface area contributed by atoms with Crippen LogP contribution in [-0.4, -0.2) is 10.1 Å². The minimum atomic E-state index is -0.256. The van der Waals surface area contributed by atoms with Crippen molar-refractivity contribution >= 4 is 11.6 Å². The van der Waals surface area contributed by atoms with Crippen molar-refractivity contribution in [2.45, 2.75) is 25.6 Å². The number of alkyl halides is 1. The fourth-order valence-corrected chi connectivity index (χ4v) is 1.53. The average molecular weight is 255 g/mol. The van der Waals surface area contributed by atoms with Crippen molar-refractivity contribution in [2.24, 2.45) is 0 Å². The first-order valence-corrected chi connectivity index (χ1v) is 5.79. The monoisotopic (exact) mass is 254 g/mol. The van der Waals surface area contributed by atoms with E-state index in [0.29, 0.717) is 22.8 Å². The van der Waals surface area contributed by atoms with E-state index in [4.69, 9.17) is 16.1 Å². The highest BCUT2D eigenvalue weighted by molar-refractivity contribution is 6.20. The first kappa shape index (κ1) is 12.0. The van der Waals surface area contributed by atoms with Gasteiger partial charge in [0.05, 0.1) is 5.38 Å². The maximum Gasteiger partial charge on any atom is 0.257 e. The summed E-state index contributed by atoms with van der Waals surface area (Å²) in [7, 11) is 0. The molecule has 1 heterocycles. The number of aryl methyl sites for hydroxylation is 1. The van der Waals surface area contributed by atoms with Crippen LogP contribution in [0, 0.1) is 12.7 Å². The third-order valence-corrected chi connectivity index (χ3v) is 2.99. The summed E-state index contributed by atoms with van der Waals surface area (Å²) in [5.74, 6) is 0.575. The summed E-state index contributed by atoms with van der Waals surface area (Å²) in [5, 5.41) is 3.55. The molecule has 0 radical (unpaired) electrons. The molecule has 1 aromatic heterocycles. The summed E-state index contributed by atoms with van der Waals surface area (Å²) < 4.78 is 18.2. The van der Waals surface area contributed by atoms with Crippen molar-refractivity contribution in [2.75, 3.05) is 0 Å². The molecule has 90 valence electrons. The van der Waals surface area contributed by atoms with Crippen LogP contribution >= 0.6 is 11.6 Å². The van der Waals surface area contributed by atoms with Crippen LogP contribution in [0.5, 0.6) is 0 Å². The molecule has 0 aliphatic carbocycles. The lowest BCUT2D eigenvalue weighted by atomic mass is 10.1. The van der Waals surface area contributed by atoms with Crippen LogP contribution in [0.25, 0.3) is 11.5 Å². The Balaban J connectivity index is 2.33. The first-order valence-electron chi connectivity index (χ1n) is 5.36. The van der Waals surface area contributed by atoms with E-state index in [9.17, 15) is 4.39 Å². The molecule has 0 N–H and O–H groups in total. The molecule has 1 unspecified atom stereocenters. The number of hydrogen-bond acceptors (Lipinski definition) is 3. The molecule has 5 heteroatoms. The molecule has 2 aromatic rings. The van der Waals surface area contributed by atoms with E-state index in [2.05, 4.69) is 10.1 Å². The highest BCUT2D eigenvalue weighted by atomic mass is 35.5. The zero-order chi connectivity index (χ0) is 12.4. The molecule has 2 rings (SSSR count). The number of benzene rings is 1. The van der Waals surface area contributed by atoms with Gasteiger partial charge < -0.3 is 4.52 Å². The summed E-state index contributed by atoms with van der Waals surface area (Å²) >= 11 is 6.00. The quantitative estimate of drug-likeness (QED) is 0.781. The van der Waals surface area contributed by atoms with E-state index in [1.807, 2.05) is 6.92 Å². The summed E-state index contributed by atoms with van der Waals surface area (Å²) in [6.45, 7) is 3.63. The standard InChI is InChI=1S/C12H12ClFN2O/c1-3-9(13)11-15-12(17-16-11)8-4-5-10(14)7(2)6-8/h4-6,9H,3H2,1-2H3. The van der Waals surface area contributed by atoms with E-state index in [-0.39, 0.29) is 11.2 Å². The Bertz CT molecular complexity index is 527. The van der Waals surface area contributed by atoms with Crippen molar-refractivity contribution in [3.8, 4) is 11.5 Å². The SMILES string of the molecule is CCC(Cl)c1noc(-c2ccc(F)c(C)c2)n1. The second kappa shape index (κ2) is 4.84. The Kier molecular flexibility index (Phi) is 3.43. The van der Waals surface area contributed by atoms with E-state index in [0.717, 1.165) is 6.42 Å². The van der Waals surface area contributed by atoms with Gasteiger partial charge in [-0.05, 0) is 37.1 Å². The third kappa shape index (κ3) is 2.47. The first-order chi connectivity index (χ1) is 8.11. The predicted octanol–water partition coefficient (Wildman–Crippen LogP) is 3.87. The predicted molar refractivity (Wildman–Crippen MR) is 63.3 cm³/mol. The number of rotatable bonds is 3. The van der Waals surface area contributed by atoms with Gasteiger partial charge in [-0.1, -0.05) is 12.1 Å². The van der Waals surface area contributed by atoms with Crippen molar-refractivity contribution < 1.29 is 8.91 Å². The summed E-state index contributed by atoms with van der Waals surface area (Å²) in [6, 6.07) is 4.66. The average Bonchev–Trinajstić information content (AvgIpc) is 2.81. The molecule has 0 saturated heterocycles. The maximum atomic E-state index is 13.1. The van der Waals surface area contributed by atoms with Crippen molar-refractivity contribution in [1.82, 2.24) is 10.1 Å². The Hall–Kier alpha value is -1.42. The summed E-state index contributed by atoms with van der Waals surface area (Å²) in [5.41, 5.74) is 1.24. The van der Waals surface area contributed by atoms with Gasteiger partial charge >= 0.3 is 0 Å². The van der Waals surface area contributed by atoms with Gasteiger partial charge in [0, 0.05) is 5.56 Å². The molecular weight excluding hydrogens is 243 g/mol. The van der Waals surface area contributed by atoms with Gasteiger partial charge in [0.2, 0.25) is 0 Å². The van der Waals surface area contributed by atoms with Crippen molar-refractivity contribution in [1.29, 1.82) is 0 Å². The third-order valence-electron chi connectivity index (χ3n) is 2.49. The van der Waals surface area contributed by atoms with Crippen LogP contribution in [0.15, 0.2) is 22.7 Å².